The van der Waals surface area contributed by atoms with Crippen molar-refractivity contribution in [3.63, 3.8) is 0 Å². The quantitative estimate of drug-likeness (QED) is 0.794. The molecule has 1 N–H and O–H groups in total. The Kier molecular flexibility index (Phi) is 3.69. The monoisotopic (exact) mass is 297 g/mol. The van der Waals surface area contributed by atoms with Gasteiger partial charge < -0.3 is 4.74 Å². The average molecular weight is 297 g/mol. The van der Waals surface area contributed by atoms with Crippen molar-refractivity contribution in [2.45, 2.75) is 20.0 Å². The van der Waals surface area contributed by atoms with Crippen molar-refractivity contribution >= 4 is 17.6 Å². The van der Waals surface area contributed by atoms with E-state index in [0.29, 0.717) is 11.5 Å². The predicted molar refractivity (Wildman–Crippen MR) is 80.7 cm³/mol. The van der Waals surface area contributed by atoms with Gasteiger partial charge in [-0.2, -0.15) is 9.50 Å². The number of ether oxygens (including phenoxy) is 1. The summed E-state index contributed by atoms with van der Waals surface area (Å²) in [5, 5.41) is 6.83. The van der Waals surface area contributed by atoms with Gasteiger partial charge in [0.1, 0.15) is 5.75 Å². The number of anilines is 1. The lowest BCUT2D eigenvalue weighted by Crippen LogP contribution is -2.30. The maximum Gasteiger partial charge on any atom is 0.267 e. The molecule has 3 aromatic rings. The molecule has 22 heavy (non-hydrogen) atoms. The molecular weight excluding hydrogens is 282 g/mol. The molecule has 0 bridgehead atoms. The van der Waals surface area contributed by atoms with E-state index in [0.717, 1.165) is 5.69 Å². The van der Waals surface area contributed by atoms with Gasteiger partial charge in [-0.3, -0.25) is 10.1 Å². The Hall–Kier alpha value is -2.96. The van der Waals surface area contributed by atoms with E-state index in [-0.39, 0.29) is 11.9 Å². The van der Waals surface area contributed by atoms with Crippen molar-refractivity contribution < 1.29 is 9.53 Å². The third kappa shape index (κ3) is 2.88. The van der Waals surface area contributed by atoms with Crippen LogP contribution in [0.2, 0.25) is 0 Å². The molecule has 7 heteroatoms. The van der Waals surface area contributed by atoms with Gasteiger partial charge in [0.2, 0.25) is 0 Å². The number of rotatable bonds is 4. The zero-order chi connectivity index (χ0) is 15.5. The van der Waals surface area contributed by atoms with Crippen LogP contribution < -0.4 is 10.1 Å². The smallest absolute Gasteiger partial charge is 0.267 e. The van der Waals surface area contributed by atoms with Gasteiger partial charge in [-0.1, -0.05) is 18.2 Å². The van der Waals surface area contributed by atoms with Crippen molar-refractivity contribution in [1.82, 2.24) is 19.6 Å². The number of aromatic nitrogens is 4. The summed E-state index contributed by atoms with van der Waals surface area (Å²) in [5.74, 6) is 0.949. The number of hydrogen-bond donors (Lipinski definition) is 1. The van der Waals surface area contributed by atoms with Crippen LogP contribution in [0.5, 0.6) is 5.75 Å². The fourth-order valence-corrected chi connectivity index (χ4v) is 1.93. The molecule has 1 amide bonds. The Bertz CT molecular complexity index is 800. The second-order valence-corrected chi connectivity index (χ2v) is 4.80. The van der Waals surface area contributed by atoms with Gasteiger partial charge >= 0.3 is 0 Å². The molecule has 7 nitrogen and oxygen atoms in total. The highest BCUT2D eigenvalue weighted by Gasteiger charge is 2.17. The number of nitrogens with zero attached hydrogens (tertiary/aromatic N) is 4. The number of hydrogen-bond acceptors (Lipinski definition) is 5. The molecule has 0 spiro atoms. The first kappa shape index (κ1) is 14.0. The first-order valence-electron chi connectivity index (χ1n) is 6.84. The lowest BCUT2D eigenvalue weighted by molar-refractivity contribution is -0.122. The summed E-state index contributed by atoms with van der Waals surface area (Å²) in [6, 6.07) is 11.0. The normalized spacial score (nSPS) is 12.1. The average Bonchev–Trinajstić information content (AvgIpc) is 2.92. The second-order valence-electron chi connectivity index (χ2n) is 4.80. The molecule has 0 fully saturated rings. The highest BCUT2D eigenvalue weighted by molar-refractivity contribution is 5.92. The van der Waals surface area contributed by atoms with Crippen molar-refractivity contribution in [1.29, 1.82) is 0 Å². The summed E-state index contributed by atoms with van der Waals surface area (Å²) in [4.78, 5) is 20.4. The number of aryl methyl sites for hydroxylation is 1. The molecular formula is C15H15N5O2. The largest absolute Gasteiger partial charge is 0.481 e. The van der Waals surface area contributed by atoms with Gasteiger partial charge in [0.15, 0.2) is 6.10 Å². The van der Waals surface area contributed by atoms with Gasteiger partial charge in [0.25, 0.3) is 17.6 Å². The topological polar surface area (TPSA) is 81.4 Å². The molecule has 3 rings (SSSR count). The summed E-state index contributed by atoms with van der Waals surface area (Å²) in [5.41, 5.74) is 0.881. The highest BCUT2D eigenvalue weighted by Crippen LogP contribution is 2.12. The first-order chi connectivity index (χ1) is 10.6. The minimum absolute atomic E-state index is 0.204. The number of benzene rings is 1. The van der Waals surface area contributed by atoms with E-state index in [4.69, 9.17) is 4.74 Å². The lowest BCUT2D eigenvalue weighted by atomic mass is 10.3. The van der Waals surface area contributed by atoms with E-state index in [2.05, 4.69) is 20.4 Å². The number of para-hydroxylation sites is 1. The van der Waals surface area contributed by atoms with E-state index < -0.39 is 6.10 Å². The van der Waals surface area contributed by atoms with Crippen LogP contribution in [0, 0.1) is 6.92 Å². The molecule has 0 aliphatic carbocycles. The van der Waals surface area contributed by atoms with E-state index in [1.807, 2.05) is 31.2 Å². The summed E-state index contributed by atoms with van der Waals surface area (Å²) >= 11 is 0. The molecule has 1 atom stereocenters. The number of amides is 1. The van der Waals surface area contributed by atoms with Crippen LogP contribution in [0.15, 0.2) is 42.6 Å². The number of carbonyl (C=O) groups is 1. The lowest BCUT2D eigenvalue weighted by Gasteiger charge is -2.13. The van der Waals surface area contributed by atoms with E-state index in [1.165, 1.54) is 0 Å². The fraction of sp³-hybridized carbons (Fsp3) is 0.200. The summed E-state index contributed by atoms with van der Waals surface area (Å²) < 4.78 is 7.12. The summed E-state index contributed by atoms with van der Waals surface area (Å²) in [7, 11) is 0. The van der Waals surface area contributed by atoms with Crippen LogP contribution in [-0.4, -0.2) is 31.6 Å². The minimum Gasteiger partial charge on any atom is -0.481 e. The highest BCUT2D eigenvalue weighted by atomic mass is 16.5. The van der Waals surface area contributed by atoms with Crippen LogP contribution in [0.4, 0.5) is 5.95 Å². The Morgan fingerprint density at radius 1 is 1.27 bits per heavy atom. The molecule has 0 aliphatic heterocycles. The molecule has 0 saturated carbocycles. The molecule has 0 saturated heterocycles. The number of nitrogens with one attached hydrogen (secondary N) is 1. The zero-order valence-corrected chi connectivity index (χ0v) is 12.2. The van der Waals surface area contributed by atoms with Crippen molar-refractivity contribution in [3.8, 4) is 5.75 Å². The standard InChI is InChI=1S/C15H15N5O2/c1-10-8-9-16-15-18-14(19-20(10)15)17-13(21)11(2)22-12-6-4-3-5-7-12/h3-9,11H,1-2H3,(H,17,19,21)/t11-/m1/s1. The third-order valence-electron chi connectivity index (χ3n) is 3.09. The first-order valence-corrected chi connectivity index (χ1v) is 6.84. The van der Waals surface area contributed by atoms with Crippen LogP contribution in [0.3, 0.4) is 0 Å². The third-order valence-corrected chi connectivity index (χ3v) is 3.09. The van der Waals surface area contributed by atoms with Crippen LogP contribution in [0.1, 0.15) is 12.6 Å². The van der Waals surface area contributed by atoms with E-state index >= 15 is 0 Å². The van der Waals surface area contributed by atoms with Crippen LogP contribution in [0.25, 0.3) is 5.78 Å². The molecule has 0 unspecified atom stereocenters. The van der Waals surface area contributed by atoms with E-state index in [1.54, 1.807) is 29.8 Å². The summed E-state index contributed by atoms with van der Waals surface area (Å²) in [6.07, 6.45) is 0.981. The van der Waals surface area contributed by atoms with Crippen molar-refractivity contribution in [3.05, 3.63) is 48.3 Å². The Morgan fingerprint density at radius 2 is 2.05 bits per heavy atom. The zero-order valence-electron chi connectivity index (χ0n) is 12.2. The molecule has 0 aliphatic rings. The van der Waals surface area contributed by atoms with Gasteiger partial charge in [0, 0.05) is 11.9 Å². The van der Waals surface area contributed by atoms with Crippen LogP contribution >= 0.6 is 0 Å². The Balaban J connectivity index is 1.71. The Labute approximate surface area is 127 Å². The molecule has 112 valence electrons. The summed E-state index contributed by atoms with van der Waals surface area (Å²) in [6.45, 7) is 3.55. The van der Waals surface area contributed by atoms with Gasteiger partial charge in [-0.15, -0.1) is 5.10 Å². The second kappa shape index (κ2) is 5.80. The fourth-order valence-electron chi connectivity index (χ4n) is 1.93. The van der Waals surface area contributed by atoms with E-state index in [9.17, 15) is 4.79 Å². The van der Waals surface area contributed by atoms with Crippen molar-refractivity contribution in [2.75, 3.05) is 5.32 Å². The Morgan fingerprint density at radius 3 is 2.77 bits per heavy atom. The molecule has 1 aromatic carbocycles. The van der Waals surface area contributed by atoms with Crippen molar-refractivity contribution in [2.24, 2.45) is 0 Å². The molecule has 0 radical (unpaired) electrons. The number of fused-ring (bicyclic) bond motifs is 1. The number of carbonyl (C=O) groups excluding carboxylic acids is 1. The predicted octanol–water partition coefficient (Wildman–Crippen LogP) is 1.84. The van der Waals surface area contributed by atoms with Gasteiger partial charge in [-0.05, 0) is 32.0 Å². The maximum atomic E-state index is 12.1. The minimum atomic E-state index is -0.664. The SMILES string of the molecule is Cc1ccnc2nc(NC(=O)[C@@H](C)Oc3ccccc3)nn12. The van der Waals surface area contributed by atoms with Gasteiger partial charge in [0.05, 0.1) is 0 Å². The molecule has 2 aromatic heterocycles. The van der Waals surface area contributed by atoms with Crippen LogP contribution in [-0.2, 0) is 4.79 Å². The molecule has 2 heterocycles. The maximum absolute atomic E-state index is 12.1. The van der Waals surface area contributed by atoms with Gasteiger partial charge in [-0.25, -0.2) is 4.98 Å².